The quantitative estimate of drug-likeness (QED) is 0.845. The van der Waals surface area contributed by atoms with Crippen LogP contribution in [-0.4, -0.2) is 25.7 Å². The number of nitrogens with zero attached hydrogens (tertiary/aromatic N) is 1. The highest BCUT2D eigenvalue weighted by atomic mass is 32.2. The van der Waals surface area contributed by atoms with Gasteiger partial charge in [-0.3, -0.25) is 0 Å². The van der Waals surface area contributed by atoms with Crippen molar-refractivity contribution >= 4 is 15.8 Å². The predicted molar refractivity (Wildman–Crippen MR) is 69.4 cm³/mol. The van der Waals surface area contributed by atoms with E-state index in [0.29, 0.717) is 5.82 Å². The summed E-state index contributed by atoms with van der Waals surface area (Å²) in [6, 6.07) is 3.82. The van der Waals surface area contributed by atoms with Gasteiger partial charge in [0, 0.05) is 12.7 Å². The van der Waals surface area contributed by atoms with Crippen LogP contribution in [0.2, 0.25) is 0 Å². The third kappa shape index (κ3) is 5.14. The molecule has 0 saturated carbocycles. The van der Waals surface area contributed by atoms with Crippen molar-refractivity contribution in [3.05, 3.63) is 23.9 Å². The van der Waals surface area contributed by atoms with Gasteiger partial charge in [-0.1, -0.05) is 26.8 Å². The summed E-state index contributed by atoms with van der Waals surface area (Å²) in [5, 5.41) is 7.80. The van der Waals surface area contributed by atoms with E-state index in [4.69, 9.17) is 5.14 Å². The van der Waals surface area contributed by atoms with Gasteiger partial charge in [0.1, 0.15) is 5.82 Å². The number of hydrogen-bond donors (Lipinski definition) is 2. The minimum absolute atomic E-state index is 0.0616. The first-order valence-electron chi connectivity index (χ1n) is 5.39. The monoisotopic (exact) mass is 257 g/mol. The normalized spacial score (nSPS) is 12.5. The van der Waals surface area contributed by atoms with E-state index in [1.807, 2.05) is 12.1 Å². The summed E-state index contributed by atoms with van der Waals surface area (Å²) < 4.78 is 21.4. The molecule has 0 atom stereocenters. The van der Waals surface area contributed by atoms with E-state index in [1.54, 1.807) is 6.20 Å². The van der Waals surface area contributed by atoms with E-state index in [1.165, 1.54) is 0 Å². The van der Waals surface area contributed by atoms with Crippen molar-refractivity contribution in [2.75, 3.05) is 17.6 Å². The van der Waals surface area contributed by atoms with E-state index >= 15 is 0 Å². The molecule has 1 aromatic rings. The first kappa shape index (κ1) is 13.9. The Morgan fingerprint density at radius 3 is 2.41 bits per heavy atom. The summed E-state index contributed by atoms with van der Waals surface area (Å²) in [6.07, 6.45) is 1.79. The Kier molecular flexibility index (Phi) is 4.11. The molecule has 0 fully saturated rings. The molecule has 0 aliphatic carbocycles. The van der Waals surface area contributed by atoms with E-state index in [-0.39, 0.29) is 17.7 Å². The molecule has 0 amide bonds. The van der Waals surface area contributed by atoms with Crippen LogP contribution in [0.15, 0.2) is 18.3 Å². The van der Waals surface area contributed by atoms with E-state index in [2.05, 4.69) is 31.1 Å². The summed E-state index contributed by atoms with van der Waals surface area (Å²) in [4.78, 5) is 4.22. The van der Waals surface area contributed by atoms with E-state index in [0.717, 1.165) is 5.56 Å². The Balaban J connectivity index is 2.58. The Labute approximate surface area is 102 Å². The van der Waals surface area contributed by atoms with Crippen LogP contribution < -0.4 is 10.5 Å². The lowest BCUT2D eigenvalue weighted by Gasteiger charge is -2.18. The smallest absolute Gasteiger partial charge is 0.210 e. The number of rotatable bonds is 4. The van der Waals surface area contributed by atoms with Crippen LogP contribution in [-0.2, 0) is 15.4 Å². The van der Waals surface area contributed by atoms with Gasteiger partial charge in [-0.05, 0) is 17.0 Å². The molecule has 0 unspecified atom stereocenters. The summed E-state index contributed by atoms with van der Waals surface area (Å²) in [7, 11) is -3.42. The molecule has 0 aliphatic heterocycles. The van der Waals surface area contributed by atoms with Gasteiger partial charge < -0.3 is 5.32 Å². The second-order valence-electron chi connectivity index (χ2n) is 4.98. The average Bonchev–Trinajstić information content (AvgIpc) is 2.15. The fourth-order valence-corrected chi connectivity index (χ4v) is 1.65. The molecule has 1 heterocycles. The molecule has 0 bridgehead atoms. The van der Waals surface area contributed by atoms with Crippen molar-refractivity contribution in [1.29, 1.82) is 0 Å². The van der Waals surface area contributed by atoms with Crippen LogP contribution in [0.3, 0.4) is 0 Å². The standard InChI is InChI=1S/C11H19N3O2S/c1-11(2,3)9-4-5-10(14-8-9)13-6-7-17(12,15)16/h4-5,8H,6-7H2,1-3H3,(H,13,14)(H2,12,15,16). The maximum absolute atomic E-state index is 10.7. The zero-order valence-electron chi connectivity index (χ0n) is 10.4. The molecule has 17 heavy (non-hydrogen) atoms. The lowest BCUT2D eigenvalue weighted by atomic mass is 9.88. The van der Waals surface area contributed by atoms with Crippen molar-refractivity contribution in [2.45, 2.75) is 26.2 Å². The number of anilines is 1. The Morgan fingerprint density at radius 2 is 2.00 bits per heavy atom. The summed E-state index contributed by atoms with van der Waals surface area (Å²) in [5.74, 6) is 0.553. The van der Waals surface area contributed by atoms with Crippen molar-refractivity contribution in [1.82, 2.24) is 4.98 Å². The Morgan fingerprint density at radius 1 is 1.35 bits per heavy atom. The van der Waals surface area contributed by atoms with Crippen LogP contribution in [0, 0.1) is 0 Å². The molecule has 0 spiro atoms. The largest absolute Gasteiger partial charge is 0.369 e. The van der Waals surface area contributed by atoms with Gasteiger partial charge in [0.2, 0.25) is 10.0 Å². The molecule has 1 rings (SSSR count). The molecule has 5 nitrogen and oxygen atoms in total. The third-order valence-electron chi connectivity index (χ3n) is 2.32. The van der Waals surface area contributed by atoms with Crippen LogP contribution in [0.25, 0.3) is 0 Å². The van der Waals surface area contributed by atoms with Gasteiger partial charge in [0.05, 0.1) is 5.75 Å². The molecular formula is C11H19N3O2S. The molecule has 6 heteroatoms. The topological polar surface area (TPSA) is 85.1 Å². The molecule has 3 N–H and O–H groups in total. The zero-order chi connectivity index (χ0) is 13.1. The lowest BCUT2D eigenvalue weighted by molar-refractivity contribution is 0.587. The van der Waals surface area contributed by atoms with Crippen molar-refractivity contribution in [3.8, 4) is 0 Å². The third-order valence-corrected chi connectivity index (χ3v) is 3.10. The molecule has 0 saturated heterocycles. The number of nitrogens with one attached hydrogen (secondary N) is 1. The van der Waals surface area contributed by atoms with Gasteiger partial charge in [0.15, 0.2) is 0 Å². The second-order valence-corrected chi connectivity index (χ2v) is 6.71. The fourth-order valence-electron chi connectivity index (χ4n) is 1.26. The molecule has 0 aliphatic rings. The second kappa shape index (κ2) is 5.01. The van der Waals surface area contributed by atoms with E-state index in [9.17, 15) is 8.42 Å². The molecule has 0 radical (unpaired) electrons. The Hall–Kier alpha value is -1.14. The maximum Gasteiger partial charge on any atom is 0.210 e. The van der Waals surface area contributed by atoms with E-state index < -0.39 is 10.0 Å². The highest BCUT2D eigenvalue weighted by molar-refractivity contribution is 7.89. The summed E-state index contributed by atoms with van der Waals surface area (Å²) >= 11 is 0. The highest BCUT2D eigenvalue weighted by Crippen LogP contribution is 2.21. The van der Waals surface area contributed by atoms with Gasteiger partial charge >= 0.3 is 0 Å². The number of nitrogens with two attached hydrogens (primary N) is 1. The molecule has 96 valence electrons. The number of hydrogen-bond acceptors (Lipinski definition) is 4. The maximum atomic E-state index is 10.7. The first-order chi connectivity index (χ1) is 7.68. The first-order valence-corrected chi connectivity index (χ1v) is 7.11. The van der Waals surface area contributed by atoms with Crippen LogP contribution >= 0.6 is 0 Å². The summed E-state index contributed by atoms with van der Waals surface area (Å²) in [5.41, 5.74) is 1.20. The van der Waals surface area contributed by atoms with Crippen LogP contribution in [0.4, 0.5) is 5.82 Å². The van der Waals surface area contributed by atoms with Gasteiger partial charge in [-0.2, -0.15) is 0 Å². The Bertz CT molecular complexity index is 460. The average molecular weight is 257 g/mol. The van der Waals surface area contributed by atoms with Gasteiger partial charge in [-0.25, -0.2) is 18.5 Å². The van der Waals surface area contributed by atoms with Crippen LogP contribution in [0.1, 0.15) is 26.3 Å². The summed E-state index contributed by atoms with van der Waals surface area (Å²) in [6.45, 7) is 6.59. The number of primary sulfonamides is 1. The molecule has 1 aromatic heterocycles. The predicted octanol–water partition coefficient (Wildman–Crippen LogP) is 1.08. The number of aromatic nitrogens is 1. The highest BCUT2D eigenvalue weighted by Gasteiger charge is 2.13. The molecular weight excluding hydrogens is 238 g/mol. The lowest BCUT2D eigenvalue weighted by Crippen LogP contribution is -2.22. The van der Waals surface area contributed by atoms with Crippen molar-refractivity contribution in [2.24, 2.45) is 5.14 Å². The van der Waals surface area contributed by atoms with Crippen molar-refractivity contribution in [3.63, 3.8) is 0 Å². The SMILES string of the molecule is CC(C)(C)c1ccc(NCCS(N)(=O)=O)nc1. The fraction of sp³-hybridized carbons (Fsp3) is 0.545. The van der Waals surface area contributed by atoms with Crippen LogP contribution in [0.5, 0.6) is 0 Å². The van der Waals surface area contributed by atoms with Gasteiger partial charge in [0.25, 0.3) is 0 Å². The minimum atomic E-state index is -3.42. The number of sulfonamides is 1. The molecule has 0 aromatic carbocycles. The zero-order valence-corrected chi connectivity index (χ0v) is 11.2. The van der Waals surface area contributed by atoms with Crippen molar-refractivity contribution < 1.29 is 8.42 Å². The number of pyridine rings is 1. The van der Waals surface area contributed by atoms with Gasteiger partial charge in [-0.15, -0.1) is 0 Å². The minimum Gasteiger partial charge on any atom is -0.369 e.